The zero-order chi connectivity index (χ0) is 9.95. The van der Waals surface area contributed by atoms with Gasteiger partial charge in [-0.3, -0.25) is 0 Å². The molecule has 0 saturated carbocycles. The molecule has 0 radical (unpaired) electrons. The molecule has 1 aliphatic rings. The van der Waals surface area contributed by atoms with Gasteiger partial charge in [-0.25, -0.2) is 0 Å². The Kier molecular flexibility index (Phi) is 3.23. The Bertz CT molecular complexity index is 156. The van der Waals surface area contributed by atoms with Crippen LogP contribution in [0, 0.1) is 0 Å². The molecule has 6 nitrogen and oxygen atoms in total. The molecular weight excluding hydrogens is 180 g/mol. The summed E-state index contributed by atoms with van der Waals surface area (Å²) in [5, 5.41) is 35.8. The Morgan fingerprint density at radius 2 is 1.54 bits per heavy atom. The second kappa shape index (κ2) is 3.87. The summed E-state index contributed by atoms with van der Waals surface area (Å²) in [6.45, 7) is -1.81. The first-order chi connectivity index (χ1) is 6.10. The van der Waals surface area contributed by atoms with Crippen molar-refractivity contribution in [2.45, 2.75) is 11.4 Å². The minimum atomic E-state index is -1.71. The summed E-state index contributed by atoms with van der Waals surface area (Å²) in [7, 11) is 0. The van der Waals surface area contributed by atoms with Crippen LogP contribution in [-0.2, 0) is 9.47 Å². The smallest absolute Gasteiger partial charge is 0.213 e. The van der Waals surface area contributed by atoms with Crippen LogP contribution in [0.25, 0.3) is 0 Å². The van der Waals surface area contributed by atoms with Crippen LogP contribution in [-0.4, -0.2) is 64.8 Å². The molecule has 1 fully saturated rings. The van der Waals surface area contributed by atoms with Crippen LogP contribution in [0.2, 0.25) is 0 Å². The molecule has 13 heavy (non-hydrogen) atoms. The largest absolute Gasteiger partial charge is 0.393 e. The normalized spacial score (nSPS) is 33.2. The zero-order valence-electron chi connectivity index (χ0n) is 7.14. The molecule has 78 valence electrons. The van der Waals surface area contributed by atoms with E-state index in [9.17, 15) is 5.11 Å². The third kappa shape index (κ3) is 2.16. The summed E-state index contributed by atoms with van der Waals surface area (Å²) in [6.07, 6.45) is 0. The van der Waals surface area contributed by atoms with Gasteiger partial charge >= 0.3 is 0 Å². The van der Waals surface area contributed by atoms with E-state index in [0.29, 0.717) is 0 Å². The van der Waals surface area contributed by atoms with Crippen LogP contribution in [0.3, 0.4) is 0 Å². The van der Waals surface area contributed by atoms with Crippen LogP contribution < -0.4 is 0 Å². The molecule has 0 aromatic heterocycles. The van der Waals surface area contributed by atoms with Crippen molar-refractivity contribution >= 4 is 0 Å². The summed E-state index contributed by atoms with van der Waals surface area (Å²) in [6, 6.07) is 0. The van der Waals surface area contributed by atoms with E-state index in [0.717, 1.165) is 0 Å². The van der Waals surface area contributed by atoms with Gasteiger partial charge in [0.1, 0.15) is 12.2 Å². The van der Waals surface area contributed by atoms with Crippen molar-refractivity contribution in [1.29, 1.82) is 0 Å². The monoisotopic (exact) mass is 194 g/mol. The van der Waals surface area contributed by atoms with Crippen LogP contribution in [0.1, 0.15) is 0 Å². The van der Waals surface area contributed by atoms with Gasteiger partial charge in [-0.1, -0.05) is 0 Å². The average molecular weight is 194 g/mol. The maximum absolute atomic E-state index is 9.34. The number of rotatable bonds is 3. The second-order valence-corrected chi connectivity index (χ2v) is 3.18. The van der Waals surface area contributed by atoms with Crippen LogP contribution in [0.4, 0.5) is 0 Å². The topological polar surface area (TPSA) is 99.4 Å². The van der Waals surface area contributed by atoms with Gasteiger partial charge in [0.2, 0.25) is 5.79 Å². The van der Waals surface area contributed by atoms with Crippen molar-refractivity contribution in [1.82, 2.24) is 0 Å². The predicted molar refractivity (Wildman–Crippen MR) is 40.8 cm³/mol. The fourth-order valence-electron chi connectivity index (χ4n) is 0.939. The van der Waals surface area contributed by atoms with Crippen molar-refractivity contribution in [2.24, 2.45) is 0 Å². The van der Waals surface area contributed by atoms with Crippen molar-refractivity contribution in [3.05, 3.63) is 0 Å². The highest BCUT2D eigenvalue weighted by Gasteiger charge is 2.43. The zero-order valence-corrected chi connectivity index (χ0v) is 7.14. The molecule has 0 aliphatic carbocycles. The highest BCUT2D eigenvalue weighted by Crippen LogP contribution is 2.22. The van der Waals surface area contributed by atoms with Crippen LogP contribution >= 0.6 is 0 Å². The van der Waals surface area contributed by atoms with Crippen LogP contribution in [0.5, 0.6) is 0 Å². The minimum absolute atomic E-state index is 0.156. The van der Waals surface area contributed by atoms with Gasteiger partial charge in [-0.15, -0.1) is 0 Å². The molecule has 0 aromatic rings. The molecule has 0 spiro atoms. The number of aliphatic hydroxyl groups is 4. The Morgan fingerprint density at radius 3 is 1.85 bits per heavy atom. The van der Waals surface area contributed by atoms with Gasteiger partial charge < -0.3 is 29.9 Å². The van der Waals surface area contributed by atoms with E-state index < -0.39 is 31.2 Å². The SMILES string of the molecule is OCC1(CO)CO[C@](O)(CO)CO1. The lowest BCUT2D eigenvalue weighted by atomic mass is 10.1. The van der Waals surface area contributed by atoms with Crippen molar-refractivity contribution < 1.29 is 29.9 Å². The second-order valence-electron chi connectivity index (χ2n) is 3.18. The third-order valence-electron chi connectivity index (χ3n) is 2.03. The van der Waals surface area contributed by atoms with Gasteiger partial charge in [-0.05, 0) is 0 Å². The van der Waals surface area contributed by atoms with E-state index in [4.69, 9.17) is 24.8 Å². The first kappa shape index (κ1) is 10.8. The van der Waals surface area contributed by atoms with Gasteiger partial charge in [-0.2, -0.15) is 0 Å². The Hall–Kier alpha value is -0.240. The Morgan fingerprint density at radius 1 is 0.923 bits per heavy atom. The average Bonchev–Trinajstić information content (AvgIpc) is 2.20. The van der Waals surface area contributed by atoms with Gasteiger partial charge in [0.05, 0.1) is 26.4 Å². The van der Waals surface area contributed by atoms with Gasteiger partial charge in [0, 0.05) is 0 Å². The van der Waals surface area contributed by atoms with E-state index >= 15 is 0 Å². The first-order valence-electron chi connectivity index (χ1n) is 3.93. The molecule has 0 amide bonds. The summed E-state index contributed by atoms with van der Waals surface area (Å²) >= 11 is 0. The molecule has 4 N–H and O–H groups in total. The van der Waals surface area contributed by atoms with E-state index in [-0.39, 0.29) is 13.2 Å². The lowest BCUT2D eigenvalue weighted by molar-refractivity contribution is -0.333. The van der Waals surface area contributed by atoms with Gasteiger partial charge in [0.15, 0.2) is 0 Å². The predicted octanol–water partition coefficient (Wildman–Crippen LogP) is -2.56. The highest BCUT2D eigenvalue weighted by molar-refractivity contribution is 4.85. The fraction of sp³-hybridized carbons (Fsp3) is 1.00. The quantitative estimate of drug-likeness (QED) is 0.394. The lowest BCUT2D eigenvalue weighted by Crippen LogP contribution is -2.58. The first-order valence-corrected chi connectivity index (χ1v) is 3.93. The summed E-state index contributed by atoms with van der Waals surface area (Å²) in [4.78, 5) is 0. The molecular formula is C7H14O6. The minimum Gasteiger partial charge on any atom is -0.393 e. The van der Waals surface area contributed by atoms with E-state index in [1.165, 1.54) is 0 Å². The lowest BCUT2D eigenvalue weighted by Gasteiger charge is -2.41. The number of aliphatic hydroxyl groups excluding tert-OH is 3. The standard InChI is InChI=1S/C7H14O6/c8-1-6(2-9)4-13-7(11,3-10)5-12-6/h8-11H,1-5H2/t7-/m1/s1. The van der Waals surface area contributed by atoms with Crippen LogP contribution in [0.15, 0.2) is 0 Å². The summed E-state index contributed by atoms with van der Waals surface area (Å²) < 4.78 is 9.91. The fourth-order valence-corrected chi connectivity index (χ4v) is 0.939. The Labute approximate surface area is 75.3 Å². The molecule has 1 saturated heterocycles. The molecule has 0 bridgehead atoms. The molecule has 0 unspecified atom stereocenters. The molecule has 1 aliphatic heterocycles. The maximum Gasteiger partial charge on any atom is 0.213 e. The molecule has 1 rings (SSSR count). The van der Waals surface area contributed by atoms with Crippen molar-refractivity contribution in [3.8, 4) is 0 Å². The molecule has 1 heterocycles. The molecule has 0 aromatic carbocycles. The van der Waals surface area contributed by atoms with E-state index in [1.807, 2.05) is 0 Å². The van der Waals surface area contributed by atoms with E-state index in [1.54, 1.807) is 0 Å². The van der Waals surface area contributed by atoms with Crippen molar-refractivity contribution in [2.75, 3.05) is 33.0 Å². The molecule has 1 atom stereocenters. The van der Waals surface area contributed by atoms with E-state index in [2.05, 4.69) is 0 Å². The number of ether oxygens (including phenoxy) is 2. The van der Waals surface area contributed by atoms with Crippen molar-refractivity contribution in [3.63, 3.8) is 0 Å². The van der Waals surface area contributed by atoms with Gasteiger partial charge in [0.25, 0.3) is 0 Å². The number of hydrogen-bond donors (Lipinski definition) is 4. The third-order valence-corrected chi connectivity index (χ3v) is 2.03. The summed E-state index contributed by atoms with van der Waals surface area (Å²) in [5.41, 5.74) is -1.17. The Balaban J connectivity index is 2.54. The number of hydrogen-bond acceptors (Lipinski definition) is 6. The highest BCUT2D eigenvalue weighted by atomic mass is 16.7. The maximum atomic E-state index is 9.34. The molecule has 6 heteroatoms. The summed E-state index contributed by atoms with van der Waals surface area (Å²) in [5.74, 6) is -1.71.